The van der Waals surface area contributed by atoms with E-state index in [1.54, 1.807) is 24.3 Å². The average molecular weight is 301 g/mol. The zero-order valence-corrected chi connectivity index (χ0v) is 12.1. The van der Waals surface area contributed by atoms with Crippen LogP contribution in [-0.4, -0.2) is 15.4 Å². The van der Waals surface area contributed by atoms with E-state index < -0.39 is 22.4 Å². The highest BCUT2D eigenvalue weighted by atomic mass is 16.6. The molecule has 22 heavy (non-hydrogen) atoms. The molecule has 1 aromatic heterocycles. The molecule has 2 rings (SSSR count). The molecule has 1 unspecified atom stereocenters. The summed E-state index contributed by atoms with van der Waals surface area (Å²) in [6.07, 6.45) is 0. The molecule has 1 heterocycles. The number of aromatic nitrogens is 1. The van der Waals surface area contributed by atoms with E-state index >= 15 is 0 Å². The van der Waals surface area contributed by atoms with Gasteiger partial charge in [-0.3, -0.25) is 24.3 Å². The third-order valence-electron chi connectivity index (χ3n) is 3.36. The molecule has 2 aromatic rings. The molecule has 7 nitrogen and oxygen atoms in total. The molecule has 1 amide bonds. The van der Waals surface area contributed by atoms with Crippen molar-refractivity contribution in [2.45, 2.75) is 19.9 Å². The fourth-order valence-electron chi connectivity index (χ4n) is 2.20. The van der Waals surface area contributed by atoms with Gasteiger partial charge in [-0.2, -0.15) is 0 Å². The van der Waals surface area contributed by atoms with E-state index in [2.05, 4.69) is 5.32 Å². The van der Waals surface area contributed by atoms with Crippen LogP contribution in [0, 0.1) is 17.0 Å². The van der Waals surface area contributed by atoms with E-state index in [1.807, 2.05) is 6.07 Å². The predicted molar refractivity (Wildman–Crippen MR) is 81.9 cm³/mol. The number of nitrogens with one attached hydrogen (secondary N) is 1. The summed E-state index contributed by atoms with van der Waals surface area (Å²) >= 11 is 0. The van der Waals surface area contributed by atoms with Crippen molar-refractivity contribution < 1.29 is 9.72 Å². The number of amides is 1. The van der Waals surface area contributed by atoms with Crippen LogP contribution in [0.25, 0.3) is 0 Å². The van der Waals surface area contributed by atoms with Crippen LogP contribution < -0.4 is 10.9 Å². The lowest BCUT2D eigenvalue weighted by Crippen LogP contribution is -2.33. The van der Waals surface area contributed by atoms with Crippen LogP contribution in [0.1, 0.15) is 18.7 Å². The minimum absolute atomic E-state index is 0.146. The second-order valence-electron chi connectivity index (χ2n) is 4.80. The van der Waals surface area contributed by atoms with Gasteiger partial charge in [0.2, 0.25) is 5.91 Å². The molecule has 0 saturated carbocycles. The Morgan fingerprint density at radius 3 is 2.45 bits per heavy atom. The molecule has 0 radical (unpaired) electrons. The number of carbonyl (C=O) groups is 1. The average Bonchev–Trinajstić information content (AvgIpc) is 2.47. The number of carbonyl (C=O) groups excluding carboxylic acids is 1. The highest BCUT2D eigenvalue weighted by Crippen LogP contribution is 2.19. The van der Waals surface area contributed by atoms with E-state index in [-0.39, 0.29) is 11.4 Å². The highest BCUT2D eigenvalue weighted by molar-refractivity contribution is 5.93. The molecule has 1 N–H and O–H groups in total. The Labute approximate surface area is 126 Å². The second kappa shape index (κ2) is 6.21. The third-order valence-corrected chi connectivity index (χ3v) is 3.36. The molecule has 0 aliphatic rings. The first-order chi connectivity index (χ1) is 10.4. The molecule has 114 valence electrons. The van der Waals surface area contributed by atoms with Crippen molar-refractivity contribution in [1.82, 2.24) is 4.57 Å². The van der Waals surface area contributed by atoms with Gasteiger partial charge in [-0.25, -0.2) is 0 Å². The van der Waals surface area contributed by atoms with E-state index in [0.717, 1.165) is 16.7 Å². The topological polar surface area (TPSA) is 94.2 Å². The summed E-state index contributed by atoms with van der Waals surface area (Å²) in [4.78, 5) is 34.6. The molecule has 0 bridgehead atoms. The third kappa shape index (κ3) is 3.03. The zero-order chi connectivity index (χ0) is 16.3. The van der Waals surface area contributed by atoms with Gasteiger partial charge < -0.3 is 5.32 Å². The Morgan fingerprint density at radius 1 is 1.23 bits per heavy atom. The monoisotopic (exact) mass is 301 g/mol. The van der Waals surface area contributed by atoms with E-state index in [0.29, 0.717) is 5.69 Å². The van der Waals surface area contributed by atoms with Gasteiger partial charge in [-0.1, -0.05) is 18.2 Å². The Bertz CT molecular complexity index is 768. The van der Waals surface area contributed by atoms with Crippen LogP contribution in [0.4, 0.5) is 11.4 Å². The molecule has 1 aromatic carbocycles. The summed E-state index contributed by atoms with van der Waals surface area (Å²) in [5, 5.41) is 13.6. The SMILES string of the molecule is Cc1c([N+](=O)[O-])ccc(=O)n1C(C)C(=O)Nc1ccccc1. The maximum Gasteiger partial charge on any atom is 0.288 e. The first-order valence-corrected chi connectivity index (χ1v) is 6.64. The lowest BCUT2D eigenvalue weighted by atomic mass is 10.2. The Morgan fingerprint density at radius 2 is 1.86 bits per heavy atom. The predicted octanol–water partition coefficient (Wildman–Crippen LogP) is 2.26. The van der Waals surface area contributed by atoms with Crippen molar-refractivity contribution >= 4 is 17.3 Å². The fourth-order valence-corrected chi connectivity index (χ4v) is 2.20. The summed E-state index contributed by atoms with van der Waals surface area (Å²) in [7, 11) is 0. The number of anilines is 1. The normalized spacial score (nSPS) is 11.7. The standard InChI is InChI=1S/C15H15N3O4/c1-10-13(18(21)22)8-9-14(19)17(10)11(2)15(20)16-12-6-4-3-5-7-12/h3-9,11H,1-2H3,(H,16,20). The number of para-hydroxylation sites is 1. The van der Waals surface area contributed by atoms with Crippen LogP contribution in [0.3, 0.4) is 0 Å². The highest BCUT2D eigenvalue weighted by Gasteiger charge is 2.22. The minimum atomic E-state index is -0.868. The summed E-state index contributed by atoms with van der Waals surface area (Å²) in [5.41, 5.74) is 0.0847. The summed E-state index contributed by atoms with van der Waals surface area (Å²) < 4.78 is 1.12. The smallest absolute Gasteiger partial charge is 0.288 e. The Kier molecular flexibility index (Phi) is 4.36. The molecule has 0 fully saturated rings. The molecule has 1 atom stereocenters. The molecular weight excluding hydrogens is 286 g/mol. The van der Waals surface area contributed by atoms with Gasteiger partial charge in [0, 0.05) is 17.8 Å². The first kappa shape index (κ1) is 15.4. The molecule has 0 saturated heterocycles. The van der Waals surface area contributed by atoms with Gasteiger partial charge in [-0.05, 0) is 26.0 Å². The molecule has 0 spiro atoms. The Balaban J connectivity index is 2.35. The van der Waals surface area contributed by atoms with E-state index in [1.165, 1.54) is 13.8 Å². The van der Waals surface area contributed by atoms with Crippen molar-refractivity contribution in [1.29, 1.82) is 0 Å². The van der Waals surface area contributed by atoms with Gasteiger partial charge in [0.05, 0.1) is 10.6 Å². The summed E-state index contributed by atoms with van der Waals surface area (Å²) in [6.45, 7) is 2.97. The Hall–Kier alpha value is -2.96. The van der Waals surface area contributed by atoms with Gasteiger partial charge in [0.25, 0.3) is 11.2 Å². The van der Waals surface area contributed by atoms with Gasteiger partial charge >= 0.3 is 0 Å². The summed E-state index contributed by atoms with van der Waals surface area (Å²) in [6, 6.07) is 10.2. The lowest BCUT2D eigenvalue weighted by Gasteiger charge is -2.17. The summed E-state index contributed by atoms with van der Waals surface area (Å²) in [5.74, 6) is -0.420. The molecule has 7 heteroatoms. The minimum Gasteiger partial charge on any atom is -0.324 e. The maximum atomic E-state index is 12.3. The fraction of sp³-hybridized carbons (Fsp3) is 0.200. The van der Waals surface area contributed by atoms with Gasteiger partial charge in [-0.15, -0.1) is 0 Å². The van der Waals surface area contributed by atoms with Crippen molar-refractivity contribution in [2.24, 2.45) is 0 Å². The molecule has 0 aliphatic carbocycles. The van der Waals surface area contributed by atoms with Crippen molar-refractivity contribution in [3.05, 3.63) is 68.6 Å². The van der Waals surface area contributed by atoms with Gasteiger partial charge in [0.1, 0.15) is 6.04 Å². The van der Waals surface area contributed by atoms with Crippen molar-refractivity contribution in [2.75, 3.05) is 5.32 Å². The number of pyridine rings is 1. The molecule has 0 aliphatic heterocycles. The lowest BCUT2D eigenvalue weighted by molar-refractivity contribution is -0.386. The van der Waals surface area contributed by atoms with E-state index in [9.17, 15) is 19.7 Å². The number of benzene rings is 1. The van der Waals surface area contributed by atoms with Crippen LogP contribution in [0.5, 0.6) is 0 Å². The maximum absolute atomic E-state index is 12.3. The number of nitro groups is 1. The van der Waals surface area contributed by atoms with Crippen LogP contribution in [0.2, 0.25) is 0 Å². The van der Waals surface area contributed by atoms with Crippen LogP contribution in [0.15, 0.2) is 47.3 Å². The zero-order valence-electron chi connectivity index (χ0n) is 12.1. The van der Waals surface area contributed by atoms with Crippen LogP contribution >= 0.6 is 0 Å². The molecular formula is C15H15N3O4. The van der Waals surface area contributed by atoms with Crippen molar-refractivity contribution in [3.8, 4) is 0 Å². The quantitative estimate of drug-likeness (QED) is 0.692. The second-order valence-corrected chi connectivity index (χ2v) is 4.80. The van der Waals surface area contributed by atoms with Crippen LogP contribution in [-0.2, 0) is 4.79 Å². The van der Waals surface area contributed by atoms with E-state index in [4.69, 9.17) is 0 Å². The number of nitrogens with zero attached hydrogens (tertiary/aromatic N) is 2. The largest absolute Gasteiger partial charge is 0.324 e. The number of hydrogen-bond acceptors (Lipinski definition) is 4. The first-order valence-electron chi connectivity index (χ1n) is 6.64. The number of rotatable bonds is 4. The number of hydrogen-bond donors (Lipinski definition) is 1. The van der Waals surface area contributed by atoms with Gasteiger partial charge in [0.15, 0.2) is 0 Å². The van der Waals surface area contributed by atoms with Crippen molar-refractivity contribution in [3.63, 3.8) is 0 Å².